The molecule has 2 rings (SSSR count). The van der Waals surface area contributed by atoms with Gasteiger partial charge < -0.3 is 4.90 Å². The molecule has 1 aliphatic heterocycles. The summed E-state index contributed by atoms with van der Waals surface area (Å²) in [6.45, 7) is 1.34. The lowest BCUT2D eigenvalue weighted by Crippen LogP contribution is -2.39. The van der Waals surface area contributed by atoms with Gasteiger partial charge in [-0.25, -0.2) is 4.39 Å². The van der Waals surface area contributed by atoms with Crippen molar-refractivity contribution in [2.24, 2.45) is 5.92 Å². The van der Waals surface area contributed by atoms with E-state index in [1.54, 1.807) is 17.0 Å². The number of rotatable bonds is 2. The standard InChI is InChI=1S/C13H15ClFNO/c14-9-10-5-7-16(8-6-10)13(17)11-3-1-2-4-12(11)15/h1-4,10H,5-9H2. The van der Waals surface area contributed by atoms with Crippen molar-refractivity contribution in [3.05, 3.63) is 35.6 Å². The molecule has 1 heterocycles. The summed E-state index contributed by atoms with van der Waals surface area (Å²) >= 11 is 5.79. The maximum Gasteiger partial charge on any atom is 0.256 e. The molecule has 1 amide bonds. The van der Waals surface area contributed by atoms with E-state index >= 15 is 0 Å². The Hall–Kier alpha value is -1.09. The van der Waals surface area contributed by atoms with E-state index in [1.165, 1.54) is 12.1 Å². The predicted octanol–water partition coefficient (Wildman–Crippen LogP) is 2.92. The molecule has 1 aliphatic rings. The van der Waals surface area contributed by atoms with Crippen LogP contribution in [0.4, 0.5) is 4.39 Å². The fraction of sp³-hybridized carbons (Fsp3) is 0.462. The van der Waals surface area contributed by atoms with E-state index in [0.717, 1.165) is 12.8 Å². The number of carbonyl (C=O) groups excluding carboxylic acids is 1. The Morgan fingerprint density at radius 1 is 1.35 bits per heavy atom. The first kappa shape index (κ1) is 12.4. The molecule has 0 aromatic heterocycles. The zero-order valence-corrected chi connectivity index (χ0v) is 10.3. The van der Waals surface area contributed by atoms with Gasteiger partial charge in [0.2, 0.25) is 0 Å². The van der Waals surface area contributed by atoms with E-state index in [0.29, 0.717) is 24.9 Å². The lowest BCUT2D eigenvalue weighted by atomic mass is 9.98. The van der Waals surface area contributed by atoms with E-state index in [9.17, 15) is 9.18 Å². The van der Waals surface area contributed by atoms with Crippen LogP contribution >= 0.6 is 11.6 Å². The van der Waals surface area contributed by atoms with Crippen LogP contribution in [-0.2, 0) is 0 Å². The zero-order valence-electron chi connectivity index (χ0n) is 9.53. The van der Waals surface area contributed by atoms with Gasteiger partial charge in [0, 0.05) is 19.0 Å². The summed E-state index contributed by atoms with van der Waals surface area (Å²) in [4.78, 5) is 13.8. The SMILES string of the molecule is O=C(c1ccccc1F)N1CCC(CCl)CC1. The maximum atomic E-state index is 13.5. The Morgan fingerprint density at radius 3 is 2.59 bits per heavy atom. The van der Waals surface area contributed by atoms with Gasteiger partial charge in [-0.1, -0.05) is 12.1 Å². The van der Waals surface area contributed by atoms with Gasteiger partial charge in [0.1, 0.15) is 5.82 Å². The molecule has 0 unspecified atom stereocenters. The molecule has 1 aromatic rings. The van der Waals surface area contributed by atoms with Crippen molar-refractivity contribution in [1.82, 2.24) is 4.90 Å². The van der Waals surface area contributed by atoms with E-state index in [1.807, 2.05) is 0 Å². The number of benzene rings is 1. The molecule has 1 saturated heterocycles. The highest BCUT2D eigenvalue weighted by Gasteiger charge is 2.24. The number of likely N-dealkylation sites (tertiary alicyclic amines) is 1. The second-order valence-electron chi connectivity index (χ2n) is 4.37. The Bertz CT molecular complexity index is 402. The molecule has 0 radical (unpaired) electrons. The number of hydrogen-bond acceptors (Lipinski definition) is 1. The lowest BCUT2D eigenvalue weighted by Gasteiger charge is -2.31. The van der Waals surface area contributed by atoms with Crippen LogP contribution in [0.15, 0.2) is 24.3 Å². The van der Waals surface area contributed by atoms with E-state index in [2.05, 4.69) is 0 Å². The minimum Gasteiger partial charge on any atom is -0.339 e. The molecule has 1 aromatic carbocycles. The molecule has 1 fully saturated rings. The van der Waals surface area contributed by atoms with Gasteiger partial charge in [-0.2, -0.15) is 0 Å². The molecule has 0 aliphatic carbocycles. The third-order valence-corrected chi connectivity index (χ3v) is 3.66. The van der Waals surface area contributed by atoms with Crippen molar-refractivity contribution in [2.45, 2.75) is 12.8 Å². The highest BCUT2D eigenvalue weighted by atomic mass is 35.5. The zero-order chi connectivity index (χ0) is 12.3. The first-order chi connectivity index (χ1) is 8.22. The number of carbonyl (C=O) groups is 1. The number of piperidine rings is 1. The van der Waals surface area contributed by atoms with Gasteiger partial charge >= 0.3 is 0 Å². The Labute approximate surface area is 105 Å². The predicted molar refractivity (Wildman–Crippen MR) is 65.7 cm³/mol. The van der Waals surface area contributed by atoms with E-state index in [4.69, 9.17) is 11.6 Å². The quantitative estimate of drug-likeness (QED) is 0.744. The molecule has 0 spiro atoms. The van der Waals surface area contributed by atoms with Crippen LogP contribution in [-0.4, -0.2) is 29.8 Å². The Morgan fingerprint density at radius 2 is 2.00 bits per heavy atom. The summed E-state index contributed by atoms with van der Waals surface area (Å²) in [5.74, 6) is 0.469. The van der Waals surface area contributed by atoms with Crippen LogP contribution in [0.1, 0.15) is 23.2 Å². The van der Waals surface area contributed by atoms with Gasteiger partial charge in [0.25, 0.3) is 5.91 Å². The average Bonchev–Trinajstić information content (AvgIpc) is 2.39. The van der Waals surface area contributed by atoms with Crippen LogP contribution in [0.2, 0.25) is 0 Å². The number of hydrogen-bond donors (Lipinski definition) is 0. The molecular formula is C13H15ClFNO. The molecule has 92 valence electrons. The number of halogens is 2. The Kier molecular flexibility index (Phi) is 4.00. The van der Waals surface area contributed by atoms with Gasteiger partial charge in [0.15, 0.2) is 0 Å². The largest absolute Gasteiger partial charge is 0.339 e. The molecule has 17 heavy (non-hydrogen) atoms. The molecule has 0 N–H and O–H groups in total. The fourth-order valence-corrected chi connectivity index (χ4v) is 2.40. The van der Waals surface area contributed by atoms with Gasteiger partial charge in [-0.05, 0) is 30.9 Å². The summed E-state index contributed by atoms with van der Waals surface area (Å²) in [5.41, 5.74) is 0.164. The second-order valence-corrected chi connectivity index (χ2v) is 4.68. The van der Waals surface area contributed by atoms with Gasteiger partial charge in [-0.3, -0.25) is 4.79 Å². The number of alkyl halides is 1. The van der Waals surface area contributed by atoms with Crippen LogP contribution in [0.25, 0.3) is 0 Å². The van der Waals surface area contributed by atoms with Gasteiger partial charge in [0.05, 0.1) is 5.56 Å². The third kappa shape index (κ3) is 2.78. The van der Waals surface area contributed by atoms with Crippen molar-refractivity contribution in [1.29, 1.82) is 0 Å². The minimum absolute atomic E-state index is 0.164. The topological polar surface area (TPSA) is 20.3 Å². The smallest absolute Gasteiger partial charge is 0.256 e. The van der Waals surface area contributed by atoms with Crippen molar-refractivity contribution in [2.75, 3.05) is 19.0 Å². The lowest BCUT2D eigenvalue weighted by molar-refractivity contribution is 0.0693. The van der Waals surface area contributed by atoms with Crippen molar-refractivity contribution in [3.8, 4) is 0 Å². The highest BCUT2D eigenvalue weighted by Crippen LogP contribution is 2.20. The molecule has 4 heteroatoms. The highest BCUT2D eigenvalue weighted by molar-refractivity contribution is 6.18. The Balaban J connectivity index is 2.04. The van der Waals surface area contributed by atoms with Crippen molar-refractivity contribution < 1.29 is 9.18 Å². The van der Waals surface area contributed by atoms with Crippen molar-refractivity contribution in [3.63, 3.8) is 0 Å². The van der Waals surface area contributed by atoms with Crippen LogP contribution in [0.3, 0.4) is 0 Å². The molecular weight excluding hydrogens is 241 g/mol. The average molecular weight is 256 g/mol. The molecule has 0 bridgehead atoms. The minimum atomic E-state index is -0.447. The summed E-state index contributed by atoms with van der Waals surface area (Å²) in [6, 6.07) is 6.12. The first-order valence-electron chi connectivity index (χ1n) is 5.82. The summed E-state index contributed by atoms with van der Waals surface area (Å²) < 4.78 is 13.5. The number of amides is 1. The molecule has 0 atom stereocenters. The van der Waals surface area contributed by atoms with Crippen LogP contribution < -0.4 is 0 Å². The van der Waals surface area contributed by atoms with Gasteiger partial charge in [-0.15, -0.1) is 11.6 Å². The summed E-state index contributed by atoms with van der Waals surface area (Å²) in [5, 5.41) is 0. The fourth-order valence-electron chi connectivity index (χ4n) is 2.10. The maximum absolute atomic E-state index is 13.5. The normalized spacial score (nSPS) is 17.2. The monoisotopic (exact) mass is 255 g/mol. The summed E-state index contributed by atoms with van der Waals surface area (Å²) in [6.07, 6.45) is 1.81. The van der Waals surface area contributed by atoms with E-state index in [-0.39, 0.29) is 11.5 Å². The van der Waals surface area contributed by atoms with Crippen molar-refractivity contribution >= 4 is 17.5 Å². The summed E-state index contributed by atoms with van der Waals surface area (Å²) in [7, 11) is 0. The first-order valence-corrected chi connectivity index (χ1v) is 6.35. The third-order valence-electron chi connectivity index (χ3n) is 3.22. The molecule has 2 nitrogen and oxygen atoms in total. The van der Waals surface area contributed by atoms with Crippen LogP contribution in [0.5, 0.6) is 0 Å². The van der Waals surface area contributed by atoms with Crippen LogP contribution in [0, 0.1) is 11.7 Å². The second kappa shape index (κ2) is 5.50. The number of nitrogens with zero attached hydrogens (tertiary/aromatic N) is 1. The molecule has 0 saturated carbocycles. The van der Waals surface area contributed by atoms with E-state index < -0.39 is 5.82 Å².